The summed E-state index contributed by atoms with van der Waals surface area (Å²) in [5.41, 5.74) is 0.904. The van der Waals surface area contributed by atoms with Crippen molar-refractivity contribution in [3.05, 3.63) is 70.6 Å². The molecule has 4 heterocycles. The number of rotatable bonds is 5. The Bertz CT molecular complexity index is 1560. The van der Waals surface area contributed by atoms with E-state index in [0.29, 0.717) is 40.9 Å². The first kappa shape index (κ1) is 28.3. The minimum absolute atomic E-state index is 0.0638. The lowest BCUT2D eigenvalue weighted by molar-refractivity contribution is -0.145. The zero-order valence-electron chi connectivity index (χ0n) is 23.3. The number of nitrogens with zero attached hydrogens (tertiary/aromatic N) is 3. The summed E-state index contributed by atoms with van der Waals surface area (Å²) in [6.45, 7) is 1.60. The number of hydrogen-bond acceptors (Lipinski definition) is 5. The molecule has 7 nitrogen and oxygen atoms in total. The fraction of sp³-hybridized carbons (Fsp3) is 0.438. The normalized spacial score (nSPS) is 26.1. The number of benzene rings is 2. The second-order valence-corrected chi connectivity index (χ2v) is 12.8. The molecule has 3 unspecified atom stereocenters. The topological polar surface area (TPSA) is 93.5 Å². The Kier molecular flexibility index (Phi) is 7.48. The van der Waals surface area contributed by atoms with Gasteiger partial charge in [0.05, 0.1) is 16.9 Å². The van der Waals surface area contributed by atoms with Crippen molar-refractivity contribution in [2.75, 3.05) is 13.1 Å². The predicted molar refractivity (Wildman–Crippen MR) is 155 cm³/mol. The molecule has 3 fully saturated rings. The largest absolute Gasteiger partial charge is 0.340 e. The molecule has 42 heavy (non-hydrogen) atoms. The average molecular weight is 591 g/mol. The van der Waals surface area contributed by atoms with Crippen LogP contribution in [0.5, 0.6) is 0 Å². The number of halogens is 2. The number of nitriles is 1. The van der Waals surface area contributed by atoms with E-state index in [1.54, 1.807) is 21.9 Å². The van der Waals surface area contributed by atoms with Gasteiger partial charge in [-0.3, -0.25) is 14.4 Å². The SMILES string of the molecule is CC(F)(F)c1ccc2sc(C(=O)NC3CCC[C@H]4CC[C@@H](C(=O)N5CC(C#N)C(c6ccccc6)C5)N4C3=O)cc2c1. The number of carbonyl (C=O) groups is 3. The highest BCUT2D eigenvalue weighted by molar-refractivity contribution is 7.20. The summed E-state index contributed by atoms with van der Waals surface area (Å²) in [5.74, 6) is -4.21. The molecule has 2 aromatic carbocycles. The molecular weight excluding hydrogens is 558 g/mol. The van der Waals surface area contributed by atoms with Crippen LogP contribution in [-0.4, -0.2) is 58.7 Å². The number of thiophene rings is 1. The van der Waals surface area contributed by atoms with Crippen molar-refractivity contribution in [2.24, 2.45) is 5.92 Å². The first-order valence-corrected chi connectivity index (χ1v) is 15.2. The average Bonchev–Trinajstić information content (AvgIpc) is 3.70. The van der Waals surface area contributed by atoms with Crippen molar-refractivity contribution in [1.29, 1.82) is 5.26 Å². The van der Waals surface area contributed by atoms with E-state index in [1.807, 2.05) is 30.3 Å². The maximum atomic E-state index is 13.9. The van der Waals surface area contributed by atoms with Gasteiger partial charge in [0.1, 0.15) is 12.1 Å². The molecular formula is C32H32F2N4O3S. The smallest absolute Gasteiger partial charge is 0.270 e. The summed E-state index contributed by atoms with van der Waals surface area (Å²) in [5, 5.41) is 13.2. The highest BCUT2D eigenvalue weighted by atomic mass is 32.1. The highest BCUT2D eigenvalue weighted by Gasteiger charge is 2.48. The Labute approximate surface area is 247 Å². The number of fused-ring (bicyclic) bond motifs is 2. The summed E-state index contributed by atoms with van der Waals surface area (Å²) in [7, 11) is 0. The fourth-order valence-corrected chi connectivity index (χ4v) is 7.70. The van der Waals surface area contributed by atoms with Gasteiger partial charge in [-0.25, -0.2) is 8.78 Å². The maximum Gasteiger partial charge on any atom is 0.270 e. The molecule has 0 bridgehead atoms. The van der Waals surface area contributed by atoms with Crippen LogP contribution in [-0.2, 0) is 15.5 Å². The standard InChI is InChI=1S/C32H32F2N4O3S/c1-32(33,34)22-10-13-27-20(14-22)15-28(42-27)29(39)36-25-9-5-8-23-11-12-26(38(23)30(25)40)31(41)37-17-21(16-35)24(18-37)19-6-3-2-4-7-19/h2-4,6-7,10,13-15,21,23-26H,5,8-9,11-12,17-18H2,1H3,(H,36,39)/t21?,23-,24?,25?,26-/m0/s1. The number of hydrogen-bond donors (Lipinski definition) is 1. The van der Waals surface area contributed by atoms with Gasteiger partial charge in [0.25, 0.3) is 11.8 Å². The fourth-order valence-electron chi connectivity index (χ4n) is 6.76. The van der Waals surface area contributed by atoms with E-state index in [9.17, 15) is 28.4 Å². The Balaban J connectivity index is 1.17. The molecule has 1 N–H and O–H groups in total. The van der Waals surface area contributed by atoms with Crippen molar-refractivity contribution >= 4 is 39.1 Å². The molecule has 0 spiro atoms. The highest BCUT2D eigenvalue weighted by Crippen LogP contribution is 2.37. The van der Waals surface area contributed by atoms with Gasteiger partial charge in [-0.2, -0.15) is 5.26 Å². The third-order valence-electron chi connectivity index (χ3n) is 8.95. The van der Waals surface area contributed by atoms with Crippen molar-refractivity contribution < 1.29 is 23.2 Å². The van der Waals surface area contributed by atoms with Crippen LogP contribution in [0.2, 0.25) is 0 Å². The van der Waals surface area contributed by atoms with Crippen LogP contribution in [0.15, 0.2) is 54.6 Å². The Hall–Kier alpha value is -3.84. The van der Waals surface area contributed by atoms with Crippen molar-refractivity contribution in [1.82, 2.24) is 15.1 Å². The summed E-state index contributed by atoms with van der Waals surface area (Å²) >= 11 is 1.19. The molecule has 218 valence electrons. The van der Waals surface area contributed by atoms with Crippen LogP contribution in [0.4, 0.5) is 8.78 Å². The molecule has 0 saturated carbocycles. The number of amides is 3. The van der Waals surface area contributed by atoms with Gasteiger partial charge in [-0.1, -0.05) is 36.4 Å². The van der Waals surface area contributed by atoms with Crippen molar-refractivity contribution in [2.45, 2.75) is 69.0 Å². The first-order valence-electron chi connectivity index (χ1n) is 14.4. The van der Waals surface area contributed by atoms with E-state index in [2.05, 4.69) is 11.4 Å². The molecule has 3 amide bonds. The Morgan fingerprint density at radius 3 is 2.57 bits per heavy atom. The molecule has 10 heteroatoms. The van der Waals surface area contributed by atoms with Crippen LogP contribution in [0, 0.1) is 17.2 Å². The minimum atomic E-state index is -2.99. The van der Waals surface area contributed by atoms with Crippen LogP contribution < -0.4 is 5.32 Å². The number of likely N-dealkylation sites (tertiary alicyclic amines) is 1. The summed E-state index contributed by atoms with van der Waals surface area (Å²) in [6, 6.07) is 16.6. The minimum Gasteiger partial charge on any atom is -0.340 e. The molecule has 3 aliphatic rings. The van der Waals surface area contributed by atoms with Crippen LogP contribution in [0.3, 0.4) is 0 Å². The van der Waals surface area contributed by atoms with E-state index in [-0.39, 0.29) is 35.3 Å². The van der Waals surface area contributed by atoms with Gasteiger partial charge in [-0.15, -0.1) is 11.3 Å². The molecule has 5 atom stereocenters. The number of alkyl halides is 2. The molecule has 3 aliphatic heterocycles. The van der Waals surface area contributed by atoms with E-state index in [1.165, 1.54) is 23.5 Å². The van der Waals surface area contributed by atoms with Gasteiger partial charge in [-0.05, 0) is 61.3 Å². The molecule has 1 aromatic heterocycles. The second-order valence-electron chi connectivity index (χ2n) is 11.7. The van der Waals surface area contributed by atoms with Crippen LogP contribution in [0.1, 0.15) is 65.7 Å². The van der Waals surface area contributed by atoms with Crippen LogP contribution >= 0.6 is 11.3 Å². The van der Waals surface area contributed by atoms with Gasteiger partial charge in [0, 0.05) is 42.2 Å². The lowest BCUT2D eigenvalue weighted by Crippen LogP contribution is -2.54. The number of carbonyl (C=O) groups excluding carboxylic acids is 3. The monoisotopic (exact) mass is 590 g/mol. The Morgan fingerprint density at radius 2 is 1.83 bits per heavy atom. The van der Waals surface area contributed by atoms with Crippen molar-refractivity contribution in [3.8, 4) is 6.07 Å². The third kappa shape index (κ3) is 5.26. The van der Waals surface area contributed by atoms with Crippen molar-refractivity contribution in [3.63, 3.8) is 0 Å². The number of nitrogens with one attached hydrogen (secondary N) is 1. The molecule has 3 aromatic rings. The Morgan fingerprint density at radius 1 is 1.05 bits per heavy atom. The van der Waals surface area contributed by atoms with Crippen LogP contribution in [0.25, 0.3) is 10.1 Å². The summed E-state index contributed by atoms with van der Waals surface area (Å²) in [4.78, 5) is 44.7. The molecule has 6 rings (SSSR count). The van der Waals surface area contributed by atoms with E-state index in [0.717, 1.165) is 31.7 Å². The molecule has 0 radical (unpaired) electrons. The maximum absolute atomic E-state index is 13.9. The van der Waals surface area contributed by atoms with Gasteiger partial charge in [0.2, 0.25) is 11.8 Å². The molecule has 0 aliphatic carbocycles. The summed E-state index contributed by atoms with van der Waals surface area (Å²) in [6.07, 6.45) is 3.23. The van der Waals surface area contributed by atoms with E-state index in [4.69, 9.17) is 0 Å². The van der Waals surface area contributed by atoms with Gasteiger partial charge in [0.15, 0.2) is 0 Å². The second kappa shape index (κ2) is 11.1. The van der Waals surface area contributed by atoms with Gasteiger partial charge >= 0.3 is 0 Å². The zero-order chi connectivity index (χ0) is 29.6. The predicted octanol–water partition coefficient (Wildman–Crippen LogP) is 5.42. The quantitative estimate of drug-likeness (QED) is 0.430. The third-order valence-corrected chi connectivity index (χ3v) is 10.1. The first-order chi connectivity index (χ1) is 20.1. The van der Waals surface area contributed by atoms with Gasteiger partial charge < -0.3 is 15.1 Å². The summed E-state index contributed by atoms with van der Waals surface area (Å²) < 4.78 is 28.3. The molecule has 3 saturated heterocycles. The lowest BCUT2D eigenvalue weighted by Gasteiger charge is -2.32. The zero-order valence-corrected chi connectivity index (χ0v) is 24.1. The lowest BCUT2D eigenvalue weighted by atomic mass is 9.90. The van der Waals surface area contributed by atoms with E-state index < -0.39 is 23.9 Å². The van der Waals surface area contributed by atoms with E-state index >= 15 is 0 Å².